The molecular formula is C46H52BrN9O5. The smallest absolute Gasteiger partial charge is 0.253 e. The number of H-pyrrole nitrogens is 1. The first kappa shape index (κ1) is 40.8. The van der Waals surface area contributed by atoms with Gasteiger partial charge in [0.15, 0.2) is 11.4 Å². The fourth-order valence-electron chi connectivity index (χ4n) is 9.74. The van der Waals surface area contributed by atoms with Crippen LogP contribution in [0.4, 0.5) is 5.69 Å². The number of hydrogen-bond acceptors (Lipinski definition) is 9. The summed E-state index contributed by atoms with van der Waals surface area (Å²) in [4.78, 5) is 69.9. The molecule has 0 bridgehead atoms. The second-order valence-electron chi connectivity index (χ2n) is 17.2. The fourth-order valence-corrected chi connectivity index (χ4v) is 10.1. The van der Waals surface area contributed by atoms with Crippen molar-refractivity contribution in [3.8, 4) is 22.9 Å². The maximum atomic E-state index is 13.6. The summed E-state index contributed by atoms with van der Waals surface area (Å²) in [7, 11) is 1.87. The molecule has 0 radical (unpaired) electrons. The number of aryl methyl sites for hydroxylation is 2. The summed E-state index contributed by atoms with van der Waals surface area (Å²) < 4.78 is 8.73. The van der Waals surface area contributed by atoms with Gasteiger partial charge in [0.1, 0.15) is 17.1 Å². The normalized spacial score (nSPS) is 19.7. The predicted octanol–water partition coefficient (Wildman–Crippen LogP) is 7.14. The van der Waals surface area contributed by atoms with Crippen molar-refractivity contribution in [3.05, 3.63) is 82.2 Å². The van der Waals surface area contributed by atoms with Crippen LogP contribution in [0.3, 0.4) is 0 Å². The Bertz CT molecular complexity index is 2420. The van der Waals surface area contributed by atoms with E-state index in [1.165, 1.54) is 12.1 Å². The van der Waals surface area contributed by atoms with E-state index in [-0.39, 0.29) is 35.5 Å². The SMILES string of the molecule is Cc1nn(C)cc1-c1nc2ncc(Br)c(Oc3ccc(C(=O)N4CCC(C(=O)N5CCC(CC6CCN(c7ccc([C@@H]8CCC(=O)NC8=O)cc7)CC6)CC5)CC4)cc3)c2[nH]1. The Hall–Kier alpha value is -5.57. The molecule has 0 aliphatic carbocycles. The number of benzene rings is 2. The van der Waals surface area contributed by atoms with Crippen LogP contribution >= 0.6 is 15.9 Å². The van der Waals surface area contributed by atoms with E-state index in [0.29, 0.717) is 89.1 Å². The molecule has 2 N–H and O–H groups in total. The number of aromatic amines is 1. The summed E-state index contributed by atoms with van der Waals surface area (Å²) >= 11 is 3.58. The fraction of sp³-hybridized carbons (Fsp3) is 0.457. The lowest BCUT2D eigenvalue weighted by atomic mass is 9.82. The lowest BCUT2D eigenvalue weighted by molar-refractivity contribution is -0.138. The average molecular weight is 891 g/mol. The van der Waals surface area contributed by atoms with Crippen LogP contribution in [0.2, 0.25) is 0 Å². The first-order valence-corrected chi connectivity index (χ1v) is 22.4. The van der Waals surface area contributed by atoms with Gasteiger partial charge in [0.2, 0.25) is 17.7 Å². The number of imidazole rings is 1. The van der Waals surface area contributed by atoms with E-state index in [4.69, 9.17) is 4.74 Å². The van der Waals surface area contributed by atoms with Crippen LogP contribution in [0.15, 0.2) is 65.4 Å². The molecule has 0 unspecified atom stereocenters. The van der Waals surface area contributed by atoms with Gasteiger partial charge in [0.25, 0.3) is 5.91 Å². The van der Waals surface area contributed by atoms with E-state index in [1.54, 1.807) is 35.1 Å². The highest BCUT2D eigenvalue weighted by atomic mass is 79.9. The highest BCUT2D eigenvalue weighted by Crippen LogP contribution is 2.37. The zero-order valence-corrected chi connectivity index (χ0v) is 36.3. The molecule has 9 rings (SSSR count). The molecule has 4 saturated heterocycles. The molecule has 4 amide bonds. The van der Waals surface area contributed by atoms with Gasteiger partial charge in [-0.25, -0.2) is 9.97 Å². The van der Waals surface area contributed by atoms with Gasteiger partial charge in [0, 0.05) is 82.3 Å². The zero-order valence-electron chi connectivity index (χ0n) is 34.7. The molecule has 7 heterocycles. The van der Waals surface area contributed by atoms with Crippen LogP contribution in [-0.2, 0) is 21.4 Å². The van der Waals surface area contributed by atoms with Gasteiger partial charge in [0.05, 0.1) is 21.6 Å². The third kappa shape index (κ3) is 8.80. The van der Waals surface area contributed by atoms with Crippen molar-refractivity contribution < 1.29 is 23.9 Å². The van der Waals surface area contributed by atoms with Crippen LogP contribution < -0.4 is 15.0 Å². The highest BCUT2D eigenvalue weighted by molar-refractivity contribution is 9.10. The maximum Gasteiger partial charge on any atom is 0.253 e. The van der Waals surface area contributed by atoms with Crippen LogP contribution in [0, 0.1) is 24.7 Å². The minimum absolute atomic E-state index is 0.0377. The summed E-state index contributed by atoms with van der Waals surface area (Å²) in [5.41, 5.74) is 5.66. The molecule has 5 aromatic rings. The van der Waals surface area contributed by atoms with Crippen LogP contribution in [-0.4, -0.2) is 97.4 Å². The summed E-state index contributed by atoms with van der Waals surface area (Å²) in [6, 6.07) is 15.5. The number of amides is 4. The Morgan fingerprint density at radius 1 is 0.852 bits per heavy atom. The number of pyridine rings is 1. The predicted molar refractivity (Wildman–Crippen MR) is 234 cm³/mol. The Morgan fingerprint density at radius 2 is 1.52 bits per heavy atom. The van der Waals surface area contributed by atoms with Crippen molar-refractivity contribution in [3.63, 3.8) is 0 Å². The molecule has 0 saturated carbocycles. The van der Waals surface area contributed by atoms with Gasteiger partial charge >= 0.3 is 0 Å². The number of nitrogens with zero attached hydrogens (tertiary/aromatic N) is 7. The number of halogens is 1. The summed E-state index contributed by atoms with van der Waals surface area (Å²) in [5.74, 6) is 2.67. The van der Waals surface area contributed by atoms with Gasteiger partial charge in [-0.3, -0.25) is 29.2 Å². The number of piperidine rings is 4. The van der Waals surface area contributed by atoms with Crippen molar-refractivity contribution in [1.82, 2.24) is 39.8 Å². The van der Waals surface area contributed by atoms with Crippen molar-refractivity contribution in [2.45, 2.75) is 70.6 Å². The first-order valence-electron chi connectivity index (χ1n) is 21.7. The minimum atomic E-state index is -0.252. The van der Waals surface area contributed by atoms with Crippen molar-refractivity contribution >= 4 is 56.4 Å². The lowest BCUT2D eigenvalue weighted by Crippen LogP contribution is -2.46. The number of carbonyl (C=O) groups excluding carboxylic acids is 4. The standard InChI is InChI=1S/C46H52BrN9O5/c1-28-37(27-53(2)52-28)42-50-40-41(38(47)26-48-43(40)51-42)61-35-9-5-32(6-10-35)45(59)56-23-17-33(18-24-56)46(60)55-21-15-30(16-22-55)25-29-13-19-54(20-14-29)34-7-3-31(4-8-34)36-11-12-39(57)49-44(36)58/h3-10,26-27,29-30,33,36H,11-25H2,1-2H3,(H,48,50,51)(H,49,57,58)/t36-/m0/s1. The molecule has 4 aliphatic heterocycles. The van der Waals surface area contributed by atoms with E-state index < -0.39 is 0 Å². The molecule has 318 valence electrons. The third-order valence-corrected chi connectivity index (χ3v) is 13.8. The zero-order chi connectivity index (χ0) is 42.2. The largest absolute Gasteiger partial charge is 0.454 e. The van der Waals surface area contributed by atoms with E-state index in [2.05, 4.69) is 63.2 Å². The number of carbonyl (C=O) groups is 4. The van der Waals surface area contributed by atoms with Crippen molar-refractivity contribution in [2.75, 3.05) is 44.2 Å². The highest BCUT2D eigenvalue weighted by Gasteiger charge is 2.34. The maximum absolute atomic E-state index is 13.6. The second-order valence-corrected chi connectivity index (χ2v) is 18.1. The number of aromatic nitrogens is 5. The Labute approximate surface area is 363 Å². The number of nitrogens with one attached hydrogen (secondary N) is 2. The molecule has 4 aliphatic rings. The van der Waals surface area contributed by atoms with Crippen molar-refractivity contribution in [1.29, 1.82) is 0 Å². The van der Waals surface area contributed by atoms with Crippen LogP contribution in [0.25, 0.3) is 22.6 Å². The monoisotopic (exact) mass is 889 g/mol. The van der Waals surface area contributed by atoms with E-state index in [0.717, 1.165) is 68.7 Å². The first-order chi connectivity index (χ1) is 29.6. The number of rotatable bonds is 9. The van der Waals surface area contributed by atoms with Gasteiger partial charge in [-0.2, -0.15) is 5.10 Å². The Morgan fingerprint density at radius 3 is 2.18 bits per heavy atom. The van der Waals surface area contributed by atoms with Crippen LogP contribution in [0.5, 0.6) is 11.5 Å². The van der Waals surface area contributed by atoms with Crippen molar-refractivity contribution in [2.24, 2.45) is 24.8 Å². The topological polar surface area (TPSA) is 159 Å². The number of fused-ring (bicyclic) bond motifs is 1. The second kappa shape index (κ2) is 17.4. The average Bonchev–Trinajstić information content (AvgIpc) is 3.87. The van der Waals surface area contributed by atoms with Gasteiger partial charge in [-0.1, -0.05) is 12.1 Å². The van der Waals surface area contributed by atoms with E-state index >= 15 is 0 Å². The molecule has 4 fully saturated rings. The number of likely N-dealkylation sites (tertiary alicyclic amines) is 2. The van der Waals surface area contributed by atoms with Gasteiger partial charge in [-0.15, -0.1) is 0 Å². The number of ether oxygens (including phenoxy) is 1. The molecule has 14 nitrogen and oxygen atoms in total. The molecule has 3 aromatic heterocycles. The number of imide groups is 1. The third-order valence-electron chi connectivity index (χ3n) is 13.3. The van der Waals surface area contributed by atoms with Gasteiger partial charge in [-0.05, 0) is 128 Å². The number of anilines is 1. The molecule has 2 aromatic carbocycles. The molecule has 61 heavy (non-hydrogen) atoms. The molecular weight excluding hydrogens is 838 g/mol. The molecule has 0 spiro atoms. The lowest BCUT2D eigenvalue weighted by Gasteiger charge is -2.39. The molecule has 1 atom stereocenters. The number of hydrogen-bond donors (Lipinski definition) is 2. The van der Waals surface area contributed by atoms with E-state index in [1.807, 2.05) is 37.2 Å². The van der Waals surface area contributed by atoms with E-state index in [9.17, 15) is 19.2 Å². The summed E-state index contributed by atoms with van der Waals surface area (Å²) in [6.07, 6.45) is 11.6. The Kier molecular flexibility index (Phi) is 11.7. The quantitative estimate of drug-likeness (QED) is 0.147. The summed E-state index contributed by atoms with van der Waals surface area (Å²) in [5, 5.41) is 6.89. The minimum Gasteiger partial charge on any atom is -0.454 e. The Balaban J connectivity index is 0.707. The van der Waals surface area contributed by atoms with Crippen LogP contribution in [0.1, 0.15) is 85.3 Å². The molecule has 15 heteroatoms. The summed E-state index contributed by atoms with van der Waals surface area (Å²) in [6.45, 7) is 6.75. The van der Waals surface area contributed by atoms with Gasteiger partial charge < -0.3 is 24.4 Å².